The van der Waals surface area contributed by atoms with E-state index in [-0.39, 0.29) is 4.90 Å². The fourth-order valence-electron chi connectivity index (χ4n) is 3.21. The first-order chi connectivity index (χ1) is 14.5. The molecule has 0 heterocycles. The van der Waals surface area contributed by atoms with Crippen LogP contribution in [0.5, 0.6) is 0 Å². The average Bonchev–Trinajstić information content (AvgIpc) is 2.78. The Hall–Kier alpha value is -3.64. The summed E-state index contributed by atoms with van der Waals surface area (Å²) < 4.78 is 25.7. The van der Waals surface area contributed by atoms with Crippen LogP contribution in [0.15, 0.2) is 108 Å². The Morgan fingerprint density at radius 1 is 0.700 bits per heavy atom. The van der Waals surface area contributed by atoms with Gasteiger partial charge in [0.1, 0.15) is 5.75 Å². The maximum absolute atomic E-state index is 12.9. The molecule has 6 heteroatoms. The zero-order valence-corrected chi connectivity index (χ0v) is 16.9. The van der Waals surface area contributed by atoms with Crippen molar-refractivity contribution in [3.63, 3.8) is 0 Å². The molecule has 0 saturated carbocycles. The molecule has 0 bridgehead atoms. The van der Waals surface area contributed by atoms with Crippen molar-refractivity contribution >= 4 is 37.9 Å². The summed E-state index contributed by atoms with van der Waals surface area (Å²) >= 11 is 0. The van der Waals surface area contributed by atoms with Gasteiger partial charge in [0, 0.05) is 0 Å². The lowest BCUT2D eigenvalue weighted by molar-refractivity contribution is -0.118. The van der Waals surface area contributed by atoms with Gasteiger partial charge in [0.25, 0.3) is 5.91 Å². The Kier molecular flexibility index (Phi) is 5.50. The zero-order chi connectivity index (χ0) is 21.0. The van der Waals surface area contributed by atoms with E-state index in [2.05, 4.69) is 5.43 Å². The largest absolute Gasteiger partial charge is 0.272 e. The van der Waals surface area contributed by atoms with Crippen LogP contribution in [0.4, 0.5) is 11.4 Å². The molecular formula is C24H20N2O3S. The van der Waals surface area contributed by atoms with Gasteiger partial charge in [-0.25, -0.2) is 8.42 Å². The highest BCUT2D eigenvalue weighted by molar-refractivity contribution is 7.92. The molecule has 30 heavy (non-hydrogen) atoms. The van der Waals surface area contributed by atoms with Gasteiger partial charge >= 0.3 is 0 Å². The number of carbonyl (C=O) groups is 1. The fourth-order valence-corrected chi connectivity index (χ4v) is 4.36. The number of sulfone groups is 1. The molecule has 0 spiro atoms. The Balaban J connectivity index is 1.58. The third-order valence-corrected chi connectivity index (χ3v) is 6.28. The first-order valence-electron chi connectivity index (χ1n) is 9.44. The molecule has 0 unspecified atom stereocenters. The number of nitrogens with zero attached hydrogens (tertiary/aromatic N) is 1. The normalized spacial score (nSPS) is 11.2. The summed E-state index contributed by atoms with van der Waals surface area (Å²) in [6.45, 7) is 0. The highest BCUT2D eigenvalue weighted by Gasteiger charge is 2.22. The molecule has 0 radical (unpaired) electrons. The van der Waals surface area contributed by atoms with Crippen molar-refractivity contribution in [2.24, 2.45) is 0 Å². The molecule has 150 valence electrons. The maximum Gasteiger partial charge on any atom is 0.254 e. The van der Waals surface area contributed by atoms with Gasteiger partial charge in [0.2, 0.25) is 0 Å². The van der Waals surface area contributed by atoms with Crippen molar-refractivity contribution in [1.29, 1.82) is 0 Å². The minimum absolute atomic E-state index is 0.127. The Labute approximate surface area is 175 Å². The lowest BCUT2D eigenvalue weighted by Crippen LogP contribution is -2.42. The number of fused-ring (bicyclic) bond motifs is 1. The smallest absolute Gasteiger partial charge is 0.254 e. The van der Waals surface area contributed by atoms with E-state index >= 15 is 0 Å². The van der Waals surface area contributed by atoms with Crippen LogP contribution in [0.1, 0.15) is 0 Å². The highest BCUT2D eigenvalue weighted by atomic mass is 32.2. The van der Waals surface area contributed by atoms with Gasteiger partial charge in [0.05, 0.1) is 16.3 Å². The molecular weight excluding hydrogens is 396 g/mol. The number of hydrogen-bond acceptors (Lipinski definition) is 4. The van der Waals surface area contributed by atoms with E-state index < -0.39 is 21.5 Å². The molecule has 5 nitrogen and oxygen atoms in total. The molecule has 0 aliphatic heterocycles. The number of para-hydroxylation sites is 2. The summed E-state index contributed by atoms with van der Waals surface area (Å²) in [5.41, 5.74) is 4.17. The van der Waals surface area contributed by atoms with Crippen LogP contribution in [-0.2, 0) is 14.6 Å². The summed E-state index contributed by atoms with van der Waals surface area (Å²) in [7, 11) is -3.80. The van der Waals surface area contributed by atoms with E-state index in [1.807, 2.05) is 84.9 Å². The summed E-state index contributed by atoms with van der Waals surface area (Å²) in [5.74, 6) is -1.27. The minimum atomic E-state index is -3.80. The molecule has 0 aliphatic carbocycles. The van der Waals surface area contributed by atoms with Crippen molar-refractivity contribution in [2.45, 2.75) is 4.90 Å². The van der Waals surface area contributed by atoms with Crippen molar-refractivity contribution in [2.75, 3.05) is 10.8 Å². The number of hydrazine groups is 1. The fraction of sp³-hybridized carbons (Fsp3) is 0.0417. The summed E-state index contributed by atoms with van der Waals surface area (Å²) in [4.78, 5) is 12.8. The summed E-state index contributed by atoms with van der Waals surface area (Å²) in [6.07, 6.45) is 0. The van der Waals surface area contributed by atoms with Gasteiger partial charge in [-0.2, -0.15) is 0 Å². The Morgan fingerprint density at radius 2 is 1.23 bits per heavy atom. The van der Waals surface area contributed by atoms with Crippen LogP contribution in [-0.4, -0.2) is 20.1 Å². The summed E-state index contributed by atoms with van der Waals surface area (Å²) in [6, 6.07) is 30.9. The van der Waals surface area contributed by atoms with E-state index in [4.69, 9.17) is 0 Å². The molecule has 4 aromatic rings. The molecule has 1 amide bonds. The van der Waals surface area contributed by atoms with E-state index in [9.17, 15) is 13.2 Å². The zero-order valence-electron chi connectivity index (χ0n) is 16.1. The van der Waals surface area contributed by atoms with Gasteiger partial charge in [-0.05, 0) is 47.2 Å². The second-order valence-electron chi connectivity index (χ2n) is 6.81. The highest BCUT2D eigenvalue weighted by Crippen LogP contribution is 2.23. The number of carbonyl (C=O) groups excluding carboxylic acids is 1. The van der Waals surface area contributed by atoms with Crippen LogP contribution in [0.2, 0.25) is 0 Å². The predicted octanol–water partition coefficient (Wildman–Crippen LogP) is 4.48. The lowest BCUT2D eigenvalue weighted by atomic mass is 10.1. The number of nitrogens with one attached hydrogen (secondary N) is 1. The molecule has 4 rings (SSSR count). The first-order valence-corrected chi connectivity index (χ1v) is 11.1. The lowest BCUT2D eigenvalue weighted by Gasteiger charge is -2.25. The van der Waals surface area contributed by atoms with E-state index in [1.54, 1.807) is 17.1 Å². The third-order valence-electron chi connectivity index (χ3n) is 4.67. The van der Waals surface area contributed by atoms with Crippen molar-refractivity contribution in [3.8, 4) is 0 Å². The molecule has 0 saturated heterocycles. The first kappa shape index (κ1) is 19.7. The molecule has 0 atom stereocenters. The number of rotatable bonds is 6. The van der Waals surface area contributed by atoms with Gasteiger partial charge in [-0.1, -0.05) is 66.7 Å². The van der Waals surface area contributed by atoms with E-state index in [0.29, 0.717) is 0 Å². The monoisotopic (exact) mass is 416 g/mol. The van der Waals surface area contributed by atoms with Crippen LogP contribution in [0, 0.1) is 0 Å². The third kappa shape index (κ3) is 4.34. The predicted molar refractivity (Wildman–Crippen MR) is 119 cm³/mol. The molecule has 0 aliphatic rings. The number of hydrogen-bond donors (Lipinski definition) is 1. The van der Waals surface area contributed by atoms with E-state index in [1.165, 1.54) is 6.07 Å². The quantitative estimate of drug-likeness (QED) is 0.471. The number of amides is 1. The molecule has 4 aromatic carbocycles. The molecule has 1 N–H and O–H groups in total. The van der Waals surface area contributed by atoms with E-state index in [0.717, 1.165) is 22.1 Å². The molecule has 0 aromatic heterocycles. The second kappa shape index (κ2) is 8.39. The Morgan fingerprint density at radius 3 is 1.83 bits per heavy atom. The van der Waals surface area contributed by atoms with Crippen LogP contribution in [0.25, 0.3) is 10.8 Å². The minimum Gasteiger partial charge on any atom is -0.272 e. The SMILES string of the molecule is O=C(CS(=O)(=O)c1ccc2ccccc2c1)NN(c1ccccc1)c1ccccc1. The Bertz CT molecular complexity index is 1230. The number of anilines is 2. The summed E-state index contributed by atoms with van der Waals surface area (Å²) in [5, 5.41) is 3.34. The second-order valence-corrected chi connectivity index (χ2v) is 8.80. The van der Waals surface area contributed by atoms with Crippen LogP contribution >= 0.6 is 0 Å². The topological polar surface area (TPSA) is 66.5 Å². The van der Waals surface area contributed by atoms with Crippen molar-refractivity contribution in [1.82, 2.24) is 5.43 Å². The molecule has 0 fully saturated rings. The van der Waals surface area contributed by atoms with Gasteiger partial charge in [-0.15, -0.1) is 0 Å². The van der Waals surface area contributed by atoms with Crippen molar-refractivity contribution < 1.29 is 13.2 Å². The van der Waals surface area contributed by atoms with Crippen molar-refractivity contribution in [3.05, 3.63) is 103 Å². The van der Waals surface area contributed by atoms with Gasteiger partial charge in [0.15, 0.2) is 9.84 Å². The van der Waals surface area contributed by atoms with Crippen LogP contribution in [0.3, 0.4) is 0 Å². The van der Waals surface area contributed by atoms with Gasteiger partial charge in [-0.3, -0.25) is 15.2 Å². The standard InChI is InChI=1S/C24H20N2O3S/c27-24(18-30(28,29)23-16-15-19-9-7-8-10-20(19)17-23)25-26(21-11-3-1-4-12-21)22-13-5-2-6-14-22/h1-17H,18H2,(H,25,27). The average molecular weight is 417 g/mol. The number of benzene rings is 4. The van der Waals surface area contributed by atoms with Crippen LogP contribution < -0.4 is 10.4 Å². The van der Waals surface area contributed by atoms with Gasteiger partial charge < -0.3 is 0 Å². The maximum atomic E-state index is 12.9.